The van der Waals surface area contributed by atoms with Crippen LogP contribution in [-0.4, -0.2) is 27.9 Å². The molecule has 0 aliphatic carbocycles. The lowest BCUT2D eigenvalue weighted by atomic mass is 10.0. The van der Waals surface area contributed by atoms with Crippen molar-refractivity contribution in [2.75, 3.05) is 18.0 Å². The van der Waals surface area contributed by atoms with E-state index in [9.17, 15) is 18.0 Å². The van der Waals surface area contributed by atoms with Crippen LogP contribution in [0.15, 0.2) is 41.2 Å². The van der Waals surface area contributed by atoms with Crippen LogP contribution in [0.2, 0.25) is 0 Å². The summed E-state index contributed by atoms with van der Waals surface area (Å²) in [5.41, 5.74) is -0.636. The molecule has 2 aromatic heterocycles. The highest BCUT2D eigenvalue weighted by Gasteiger charge is 2.34. The van der Waals surface area contributed by atoms with Crippen molar-refractivity contribution in [2.45, 2.75) is 12.7 Å². The van der Waals surface area contributed by atoms with Crippen molar-refractivity contribution in [1.29, 1.82) is 0 Å². The molecule has 9 heteroatoms. The normalized spacial score (nSPS) is 15.6. The number of anilines is 1. The molecule has 0 amide bonds. The highest BCUT2D eigenvalue weighted by molar-refractivity contribution is 7.22. The molecule has 0 radical (unpaired) electrons. The van der Waals surface area contributed by atoms with Gasteiger partial charge in [0.15, 0.2) is 10.8 Å². The van der Waals surface area contributed by atoms with E-state index in [0.717, 1.165) is 26.1 Å². The van der Waals surface area contributed by atoms with Crippen LogP contribution in [0.25, 0.3) is 10.2 Å². The lowest BCUT2D eigenvalue weighted by Gasteiger charge is -2.39. The van der Waals surface area contributed by atoms with Gasteiger partial charge in [0.25, 0.3) is 5.56 Å². The quantitative estimate of drug-likeness (QED) is 0.715. The van der Waals surface area contributed by atoms with Crippen LogP contribution in [0.5, 0.6) is 0 Å². The average Bonchev–Trinajstić information content (AvgIpc) is 2.94. The fraction of sp³-hybridized carbons (Fsp3) is 0.312. The van der Waals surface area contributed by atoms with Crippen LogP contribution in [0, 0.1) is 5.92 Å². The molecule has 0 N–H and O–H groups in total. The number of para-hydroxylation sites is 1. The monoisotopic (exact) mass is 366 g/mol. The summed E-state index contributed by atoms with van der Waals surface area (Å²) in [6, 6.07) is 9.46. The summed E-state index contributed by atoms with van der Waals surface area (Å²) in [4.78, 5) is 18.4. The summed E-state index contributed by atoms with van der Waals surface area (Å²) >= 11 is 1.58. The Morgan fingerprint density at radius 1 is 1.16 bits per heavy atom. The third kappa shape index (κ3) is 3.11. The molecule has 1 aliphatic heterocycles. The minimum absolute atomic E-state index is 0.0701. The molecule has 1 aromatic carbocycles. The summed E-state index contributed by atoms with van der Waals surface area (Å²) in [6.07, 6.45) is -4.55. The molecule has 0 saturated carbocycles. The van der Waals surface area contributed by atoms with Crippen LogP contribution in [-0.2, 0) is 12.7 Å². The van der Waals surface area contributed by atoms with Crippen LogP contribution in [0.3, 0.4) is 0 Å². The number of nitrogens with zero attached hydrogens (tertiary/aromatic N) is 4. The molecule has 130 valence electrons. The van der Waals surface area contributed by atoms with E-state index in [2.05, 4.69) is 15.0 Å². The first-order chi connectivity index (χ1) is 11.9. The van der Waals surface area contributed by atoms with E-state index in [0.29, 0.717) is 19.2 Å². The van der Waals surface area contributed by atoms with Gasteiger partial charge in [-0.1, -0.05) is 23.5 Å². The topological polar surface area (TPSA) is 51.0 Å². The van der Waals surface area contributed by atoms with Crippen molar-refractivity contribution in [2.24, 2.45) is 5.92 Å². The fourth-order valence-electron chi connectivity index (χ4n) is 2.81. The summed E-state index contributed by atoms with van der Waals surface area (Å²) < 4.78 is 40.2. The predicted octanol–water partition coefficient (Wildman–Crippen LogP) is 3.01. The number of alkyl halides is 3. The summed E-state index contributed by atoms with van der Waals surface area (Å²) in [6.45, 7) is 1.46. The maximum absolute atomic E-state index is 12.7. The molecule has 0 bridgehead atoms. The summed E-state index contributed by atoms with van der Waals surface area (Å²) in [7, 11) is 0. The maximum atomic E-state index is 12.7. The number of benzene rings is 1. The van der Waals surface area contributed by atoms with Gasteiger partial charge >= 0.3 is 6.18 Å². The molecule has 3 aromatic rings. The Balaban J connectivity index is 1.45. The third-order valence-corrected chi connectivity index (χ3v) is 5.20. The second-order valence-corrected chi connectivity index (χ2v) is 6.98. The van der Waals surface area contributed by atoms with Crippen LogP contribution in [0.1, 0.15) is 5.69 Å². The Kier molecular flexibility index (Phi) is 3.75. The number of rotatable bonds is 3. The Bertz CT molecular complexity index is 942. The van der Waals surface area contributed by atoms with E-state index >= 15 is 0 Å². The Morgan fingerprint density at radius 2 is 1.92 bits per heavy atom. The lowest BCUT2D eigenvalue weighted by Crippen LogP contribution is -2.49. The molecule has 3 heterocycles. The van der Waals surface area contributed by atoms with Crippen molar-refractivity contribution in [3.63, 3.8) is 0 Å². The SMILES string of the molecule is O=c1ccc(C(F)(F)F)nn1CC1CN(c2nc3ccccc3s2)C1. The number of thiazole rings is 1. The Morgan fingerprint density at radius 3 is 2.64 bits per heavy atom. The molecule has 0 spiro atoms. The zero-order chi connectivity index (χ0) is 17.6. The molecular formula is C16H13F3N4OS. The van der Waals surface area contributed by atoms with Crippen molar-refractivity contribution in [1.82, 2.24) is 14.8 Å². The van der Waals surface area contributed by atoms with Crippen molar-refractivity contribution in [3.05, 3.63) is 52.4 Å². The second kappa shape index (κ2) is 5.83. The molecule has 0 atom stereocenters. The van der Waals surface area contributed by atoms with Gasteiger partial charge in [0.2, 0.25) is 0 Å². The number of halogens is 3. The van der Waals surface area contributed by atoms with Gasteiger partial charge in [-0.25, -0.2) is 9.67 Å². The highest BCUT2D eigenvalue weighted by atomic mass is 32.1. The molecule has 1 aliphatic rings. The van der Waals surface area contributed by atoms with Gasteiger partial charge in [0.1, 0.15) is 0 Å². The van der Waals surface area contributed by atoms with Crippen LogP contribution < -0.4 is 10.5 Å². The summed E-state index contributed by atoms with van der Waals surface area (Å²) in [5, 5.41) is 4.34. The van der Waals surface area contributed by atoms with Crippen molar-refractivity contribution in [3.8, 4) is 0 Å². The highest BCUT2D eigenvalue weighted by Crippen LogP contribution is 2.33. The first-order valence-corrected chi connectivity index (χ1v) is 8.48. The van der Waals surface area contributed by atoms with E-state index in [-0.39, 0.29) is 12.5 Å². The van der Waals surface area contributed by atoms with Crippen LogP contribution in [0.4, 0.5) is 18.3 Å². The molecule has 5 nitrogen and oxygen atoms in total. The number of aromatic nitrogens is 3. The molecule has 4 rings (SSSR count). The van der Waals surface area contributed by atoms with Gasteiger partial charge in [-0.15, -0.1) is 0 Å². The second-order valence-electron chi connectivity index (χ2n) is 5.97. The van der Waals surface area contributed by atoms with E-state index in [1.807, 2.05) is 24.3 Å². The molecule has 0 unspecified atom stereocenters. The van der Waals surface area contributed by atoms with Crippen molar-refractivity contribution < 1.29 is 13.2 Å². The number of fused-ring (bicyclic) bond motifs is 1. The maximum Gasteiger partial charge on any atom is 0.435 e. The van der Waals surface area contributed by atoms with E-state index in [4.69, 9.17) is 0 Å². The van der Waals surface area contributed by atoms with Gasteiger partial charge in [0.05, 0.1) is 16.8 Å². The molecule has 1 saturated heterocycles. The number of hydrogen-bond acceptors (Lipinski definition) is 5. The largest absolute Gasteiger partial charge is 0.435 e. The fourth-order valence-corrected chi connectivity index (χ4v) is 3.80. The van der Waals surface area contributed by atoms with E-state index in [1.54, 1.807) is 11.3 Å². The van der Waals surface area contributed by atoms with Crippen molar-refractivity contribution >= 4 is 26.7 Å². The van der Waals surface area contributed by atoms with E-state index in [1.165, 1.54) is 0 Å². The Hall–Kier alpha value is -2.42. The molecular weight excluding hydrogens is 353 g/mol. The summed E-state index contributed by atoms with van der Waals surface area (Å²) in [5.74, 6) is 0.0701. The minimum atomic E-state index is -4.55. The predicted molar refractivity (Wildman–Crippen MR) is 88.8 cm³/mol. The molecule has 25 heavy (non-hydrogen) atoms. The third-order valence-electron chi connectivity index (χ3n) is 4.10. The van der Waals surface area contributed by atoms with Gasteiger partial charge in [-0.2, -0.15) is 18.3 Å². The minimum Gasteiger partial charge on any atom is -0.347 e. The Labute approximate surface area is 144 Å². The van der Waals surface area contributed by atoms with Gasteiger partial charge < -0.3 is 4.90 Å². The van der Waals surface area contributed by atoms with Crippen LogP contribution >= 0.6 is 11.3 Å². The standard InChI is InChI=1S/C16H13F3N4OS/c17-16(18,19)13-5-6-14(24)23(21-13)9-10-7-22(8-10)15-20-11-3-1-2-4-12(11)25-15/h1-6,10H,7-9H2. The zero-order valence-electron chi connectivity index (χ0n) is 12.9. The lowest BCUT2D eigenvalue weighted by molar-refractivity contribution is -0.142. The van der Waals surface area contributed by atoms with Gasteiger partial charge in [-0.05, 0) is 18.2 Å². The average molecular weight is 366 g/mol. The smallest absolute Gasteiger partial charge is 0.347 e. The first kappa shape index (κ1) is 16.1. The molecule has 1 fully saturated rings. The zero-order valence-corrected chi connectivity index (χ0v) is 13.7. The number of hydrogen-bond donors (Lipinski definition) is 0. The van der Waals surface area contributed by atoms with E-state index < -0.39 is 17.4 Å². The first-order valence-electron chi connectivity index (χ1n) is 7.66. The van der Waals surface area contributed by atoms with Gasteiger partial charge in [0, 0.05) is 25.1 Å². The van der Waals surface area contributed by atoms with Gasteiger partial charge in [-0.3, -0.25) is 4.79 Å².